The van der Waals surface area contributed by atoms with Crippen LogP contribution in [0.2, 0.25) is 0 Å². The zero-order valence-corrected chi connectivity index (χ0v) is 17.2. The van der Waals surface area contributed by atoms with Crippen molar-refractivity contribution >= 4 is 0 Å². The largest absolute Gasteiger partial charge is 0.0885 e. The molecule has 0 amide bonds. The molecule has 0 heteroatoms. The van der Waals surface area contributed by atoms with Crippen LogP contribution >= 0.6 is 0 Å². The van der Waals surface area contributed by atoms with Crippen LogP contribution in [0.3, 0.4) is 0 Å². The van der Waals surface area contributed by atoms with E-state index in [1.165, 1.54) is 96.3 Å². The monoisotopic (exact) mass is 344 g/mol. The highest BCUT2D eigenvalue weighted by Crippen LogP contribution is 2.05. The third-order valence-corrected chi connectivity index (χ3v) is 4.34. The molecule has 0 aliphatic rings. The molecule has 0 aliphatic heterocycles. The Morgan fingerprint density at radius 3 is 0.720 bits per heavy atom. The maximum atomic E-state index is 2.37. The fraction of sp³-hybridized carbons (Fsp3) is 0.680. The number of hydrogen-bond acceptors (Lipinski definition) is 0. The molecular formula is C25H44. The van der Waals surface area contributed by atoms with Gasteiger partial charge in [0, 0.05) is 0 Å². The molecule has 0 nitrogen and oxygen atoms in total. The molecule has 0 atom stereocenters. The van der Waals surface area contributed by atoms with Gasteiger partial charge in [-0.05, 0) is 70.6 Å². The Kier molecular flexibility index (Phi) is 22.0. The van der Waals surface area contributed by atoms with Gasteiger partial charge in [-0.3, -0.25) is 0 Å². The zero-order chi connectivity index (χ0) is 18.3. The highest BCUT2D eigenvalue weighted by Gasteiger charge is 1.85. The van der Waals surface area contributed by atoms with Crippen LogP contribution in [0, 0.1) is 0 Å². The van der Waals surface area contributed by atoms with E-state index in [1.54, 1.807) is 0 Å². The smallest absolute Gasteiger partial charge is 0.0348 e. The normalized spacial score (nSPS) is 12.6. The predicted octanol–water partition coefficient (Wildman–Crippen LogP) is 9.10. The highest BCUT2D eigenvalue weighted by molar-refractivity contribution is 4.88. The Bertz CT molecular complexity index is 309. The van der Waals surface area contributed by atoms with Gasteiger partial charge in [-0.1, -0.05) is 88.1 Å². The van der Waals surface area contributed by atoms with Gasteiger partial charge in [-0.15, -0.1) is 0 Å². The van der Waals surface area contributed by atoms with Crippen LogP contribution in [-0.4, -0.2) is 0 Å². The molecule has 0 bridgehead atoms. The van der Waals surface area contributed by atoms with Crippen LogP contribution in [0.15, 0.2) is 48.6 Å². The Hall–Kier alpha value is -1.04. The van der Waals surface area contributed by atoms with Gasteiger partial charge in [0.25, 0.3) is 0 Å². The maximum Gasteiger partial charge on any atom is -0.0348 e. The SMILES string of the molecule is CCCC/C=C\CCC/C=C\CCC/C=C\CCC/C=C\CCCC. The maximum absolute atomic E-state index is 2.37. The van der Waals surface area contributed by atoms with Gasteiger partial charge < -0.3 is 0 Å². The lowest BCUT2D eigenvalue weighted by molar-refractivity contribution is 0.802. The first-order valence-electron chi connectivity index (χ1n) is 11.0. The van der Waals surface area contributed by atoms with Crippen molar-refractivity contribution in [3.63, 3.8) is 0 Å². The van der Waals surface area contributed by atoms with E-state index in [2.05, 4.69) is 62.5 Å². The van der Waals surface area contributed by atoms with Gasteiger partial charge in [0.05, 0.1) is 0 Å². The minimum atomic E-state index is 1.23. The first-order valence-corrected chi connectivity index (χ1v) is 11.0. The van der Waals surface area contributed by atoms with Gasteiger partial charge in [-0.2, -0.15) is 0 Å². The molecule has 0 radical (unpaired) electrons. The lowest BCUT2D eigenvalue weighted by atomic mass is 10.1. The molecule has 0 aromatic heterocycles. The molecule has 0 aliphatic carbocycles. The first kappa shape index (κ1) is 24.0. The second-order valence-electron chi connectivity index (χ2n) is 6.96. The van der Waals surface area contributed by atoms with E-state index in [-0.39, 0.29) is 0 Å². The molecule has 0 saturated carbocycles. The molecule has 0 unspecified atom stereocenters. The van der Waals surface area contributed by atoms with Crippen LogP contribution in [0.5, 0.6) is 0 Å². The lowest BCUT2D eigenvalue weighted by Crippen LogP contribution is -1.74. The van der Waals surface area contributed by atoms with Crippen molar-refractivity contribution < 1.29 is 0 Å². The number of rotatable bonds is 18. The third kappa shape index (κ3) is 23.0. The summed E-state index contributed by atoms with van der Waals surface area (Å²) in [5, 5.41) is 0. The minimum absolute atomic E-state index is 1.23. The Labute approximate surface area is 159 Å². The molecule has 0 rings (SSSR count). The molecule has 0 fully saturated rings. The molecule has 144 valence electrons. The summed E-state index contributed by atoms with van der Waals surface area (Å²) in [5.41, 5.74) is 0. The summed E-state index contributed by atoms with van der Waals surface area (Å²) >= 11 is 0. The summed E-state index contributed by atoms with van der Waals surface area (Å²) in [6, 6.07) is 0. The van der Waals surface area contributed by atoms with Crippen LogP contribution < -0.4 is 0 Å². The predicted molar refractivity (Wildman–Crippen MR) is 117 cm³/mol. The quantitative estimate of drug-likeness (QED) is 0.172. The standard InChI is InChI=1S/C25H44/c1-3-5-7-9-11-13-15-17-19-21-23-25-24-22-20-18-16-14-12-10-8-6-4-2/h9-12,19-22H,3-8,13-18,23-25H2,1-2H3/b11-9-,12-10-,21-19-,22-20-. The Balaban J connectivity index is 3.26. The molecule has 0 aromatic carbocycles. The van der Waals surface area contributed by atoms with E-state index in [1.807, 2.05) is 0 Å². The summed E-state index contributed by atoms with van der Waals surface area (Å²) in [6.45, 7) is 4.50. The average Bonchev–Trinajstić information content (AvgIpc) is 2.63. The minimum Gasteiger partial charge on any atom is -0.0885 e. The average molecular weight is 345 g/mol. The fourth-order valence-corrected chi connectivity index (χ4v) is 2.65. The molecule has 0 saturated heterocycles. The number of unbranched alkanes of at least 4 members (excludes halogenated alkanes) is 10. The molecule has 25 heavy (non-hydrogen) atoms. The highest BCUT2D eigenvalue weighted by atomic mass is 13.9. The number of hydrogen-bond donors (Lipinski definition) is 0. The van der Waals surface area contributed by atoms with Gasteiger partial charge in [0.1, 0.15) is 0 Å². The summed E-state index contributed by atoms with van der Waals surface area (Å²) in [6.07, 6.45) is 38.0. The molecule has 0 aromatic rings. The van der Waals surface area contributed by atoms with E-state index in [4.69, 9.17) is 0 Å². The van der Waals surface area contributed by atoms with Crippen LogP contribution in [-0.2, 0) is 0 Å². The van der Waals surface area contributed by atoms with E-state index < -0.39 is 0 Å². The van der Waals surface area contributed by atoms with Crippen molar-refractivity contribution in [2.45, 2.75) is 110 Å². The van der Waals surface area contributed by atoms with Gasteiger partial charge in [-0.25, -0.2) is 0 Å². The van der Waals surface area contributed by atoms with Gasteiger partial charge in [0.2, 0.25) is 0 Å². The Morgan fingerprint density at radius 1 is 0.320 bits per heavy atom. The summed E-state index contributed by atoms with van der Waals surface area (Å²) < 4.78 is 0. The summed E-state index contributed by atoms with van der Waals surface area (Å²) in [7, 11) is 0. The van der Waals surface area contributed by atoms with Crippen molar-refractivity contribution in [2.24, 2.45) is 0 Å². The second-order valence-corrected chi connectivity index (χ2v) is 6.96. The third-order valence-electron chi connectivity index (χ3n) is 4.34. The Morgan fingerprint density at radius 2 is 0.520 bits per heavy atom. The van der Waals surface area contributed by atoms with Crippen molar-refractivity contribution in [3.05, 3.63) is 48.6 Å². The van der Waals surface area contributed by atoms with E-state index in [9.17, 15) is 0 Å². The van der Waals surface area contributed by atoms with Crippen molar-refractivity contribution in [1.29, 1.82) is 0 Å². The van der Waals surface area contributed by atoms with E-state index in [0.29, 0.717) is 0 Å². The number of allylic oxidation sites excluding steroid dienone is 8. The lowest BCUT2D eigenvalue weighted by Gasteiger charge is -1.94. The van der Waals surface area contributed by atoms with Gasteiger partial charge >= 0.3 is 0 Å². The molecular weight excluding hydrogens is 300 g/mol. The van der Waals surface area contributed by atoms with Crippen molar-refractivity contribution in [1.82, 2.24) is 0 Å². The summed E-state index contributed by atoms with van der Waals surface area (Å²) in [5.74, 6) is 0. The topological polar surface area (TPSA) is 0 Å². The zero-order valence-electron chi connectivity index (χ0n) is 17.2. The molecule has 0 N–H and O–H groups in total. The van der Waals surface area contributed by atoms with Crippen molar-refractivity contribution in [2.75, 3.05) is 0 Å². The first-order chi connectivity index (χ1) is 12.4. The van der Waals surface area contributed by atoms with Crippen LogP contribution in [0.25, 0.3) is 0 Å². The van der Waals surface area contributed by atoms with Crippen LogP contribution in [0.4, 0.5) is 0 Å². The fourth-order valence-electron chi connectivity index (χ4n) is 2.65. The van der Waals surface area contributed by atoms with Gasteiger partial charge in [0.15, 0.2) is 0 Å². The molecule has 0 heterocycles. The van der Waals surface area contributed by atoms with Crippen molar-refractivity contribution in [3.8, 4) is 0 Å². The summed E-state index contributed by atoms with van der Waals surface area (Å²) in [4.78, 5) is 0. The second kappa shape index (κ2) is 23.0. The van der Waals surface area contributed by atoms with E-state index in [0.717, 1.165) is 0 Å². The van der Waals surface area contributed by atoms with E-state index >= 15 is 0 Å². The molecule has 0 spiro atoms. The van der Waals surface area contributed by atoms with Crippen LogP contribution in [0.1, 0.15) is 110 Å².